The van der Waals surface area contributed by atoms with Crippen molar-refractivity contribution in [2.75, 3.05) is 30.9 Å². The molecular formula is C29H34N4O4S. The number of piperidine rings is 2. The summed E-state index contributed by atoms with van der Waals surface area (Å²) in [7, 11) is -3.69. The van der Waals surface area contributed by atoms with Crippen LogP contribution in [0.15, 0.2) is 78.0 Å². The van der Waals surface area contributed by atoms with Crippen molar-refractivity contribution in [3.63, 3.8) is 0 Å². The summed E-state index contributed by atoms with van der Waals surface area (Å²) in [5.74, 6) is 0.864. The minimum Gasteiger partial charge on any atom is -0.490 e. The predicted octanol–water partition coefficient (Wildman–Crippen LogP) is 4.34. The van der Waals surface area contributed by atoms with Crippen LogP contribution < -0.4 is 9.46 Å². The van der Waals surface area contributed by atoms with E-state index in [0.717, 1.165) is 63.2 Å². The molecule has 0 bridgehead atoms. The Morgan fingerprint density at radius 3 is 2.26 bits per heavy atom. The Morgan fingerprint density at radius 1 is 0.921 bits per heavy atom. The Hall–Kier alpha value is -3.43. The summed E-state index contributed by atoms with van der Waals surface area (Å²) in [6.45, 7) is 5.31. The number of pyridine rings is 1. The molecule has 2 saturated heterocycles. The highest BCUT2D eigenvalue weighted by molar-refractivity contribution is 7.92. The molecule has 200 valence electrons. The Bertz CT molecular complexity index is 1330. The fraction of sp³-hybridized carbons (Fsp3) is 0.379. The quantitative estimate of drug-likeness (QED) is 0.485. The molecule has 0 spiro atoms. The number of benzene rings is 2. The minimum atomic E-state index is -3.69. The van der Waals surface area contributed by atoms with Gasteiger partial charge in [-0.3, -0.25) is 19.4 Å². The number of amides is 1. The standard InChI is InChI=1S/C29H34N4O4S/c1-22-3-2-4-28(21-22)38(35,36)31-24-7-5-23(6-8-24)29(34)33-17-11-25(12-18-33)32-19-13-27(14-20-32)37-26-9-15-30-16-10-26/h2-10,15-16,21,25,27,31H,11-14,17-20H2,1H3. The van der Waals surface area contributed by atoms with Crippen LogP contribution in [0.1, 0.15) is 41.6 Å². The number of ether oxygens (including phenoxy) is 1. The van der Waals surface area contributed by atoms with Crippen LogP contribution in [-0.2, 0) is 10.0 Å². The van der Waals surface area contributed by atoms with Crippen molar-refractivity contribution in [1.82, 2.24) is 14.8 Å². The van der Waals surface area contributed by atoms with Gasteiger partial charge in [0.25, 0.3) is 15.9 Å². The second kappa shape index (κ2) is 11.5. The summed E-state index contributed by atoms with van der Waals surface area (Å²) in [4.78, 5) is 21.8. The number of likely N-dealkylation sites (tertiary alicyclic amines) is 2. The van der Waals surface area contributed by atoms with Gasteiger partial charge >= 0.3 is 0 Å². The number of carbonyl (C=O) groups is 1. The molecule has 2 fully saturated rings. The van der Waals surface area contributed by atoms with E-state index in [2.05, 4.69) is 14.6 Å². The fourth-order valence-electron chi connectivity index (χ4n) is 5.26. The van der Waals surface area contributed by atoms with Crippen molar-refractivity contribution in [3.05, 3.63) is 84.2 Å². The number of aryl methyl sites for hydroxylation is 1. The molecule has 0 aliphatic carbocycles. The number of aromatic nitrogens is 1. The first-order valence-corrected chi connectivity index (χ1v) is 14.7. The van der Waals surface area contributed by atoms with E-state index in [0.29, 0.717) is 17.3 Å². The zero-order valence-electron chi connectivity index (χ0n) is 21.6. The van der Waals surface area contributed by atoms with E-state index in [1.54, 1.807) is 54.9 Å². The number of sulfonamides is 1. The van der Waals surface area contributed by atoms with Gasteiger partial charge in [-0.05, 0) is 86.7 Å². The van der Waals surface area contributed by atoms with Crippen molar-refractivity contribution in [2.24, 2.45) is 0 Å². The maximum absolute atomic E-state index is 13.1. The Balaban J connectivity index is 1.10. The van der Waals surface area contributed by atoms with Crippen LogP contribution in [0, 0.1) is 6.92 Å². The van der Waals surface area contributed by atoms with Crippen LogP contribution in [-0.4, -0.2) is 67.4 Å². The molecule has 0 atom stereocenters. The summed E-state index contributed by atoms with van der Waals surface area (Å²) in [6, 6.07) is 17.7. The molecule has 1 aromatic heterocycles. The molecule has 3 aromatic rings. The maximum atomic E-state index is 13.1. The number of hydrogen-bond acceptors (Lipinski definition) is 6. The normalized spacial score (nSPS) is 17.8. The maximum Gasteiger partial charge on any atom is 0.261 e. The van der Waals surface area contributed by atoms with E-state index in [1.807, 2.05) is 30.0 Å². The Morgan fingerprint density at radius 2 is 1.61 bits per heavy atom. The highest BCUT2D eigenvalue weighted by atomic mass is 32.2. The molecule has 3 heterocycles. The molecule has 0 radical (unpaired) electrons. The molecule has 2 aliphatic rings. The number of carbonyl (C=O) groups excluding carboxylic acids is 1. The molecule has 8 nitrogen and oxygen atoms in total. The van der Waals surface area contributed by atoms with Crippen molar-refractivity contribution in [2.45, 2.75) is 49.6 Å². The zero-order valence-corrected chi connectivity index (χ0v) is 22.4. The van der Waals surface area contributed by atoms with E-state index in [9.17, 15) is 13.2 Å². The topological polar surface area (TPSA) is 91.8 Å². The number of anilines is 1. The SMILES string of the molecule is Cc1cccc(S(=O)(=O)Nc2ccc(C(=O)N3CCC(N4CCC(Oc5ccncc5)CC4)CC3)cc2)c1. The van der Waals surface area contributed by atoms with Gasteiger partial charge in [-0.15, -0.1) is 0 Å². The molecule has 9 heteroatoms. The first-order valence-electron chi connectivity index (χ1n) is 13.2. The van der Waals surface area contributed by atoms with Gasteiger partial charge in [0, 0.05) is 55.9 Å². The second-order valence-electron chi connectivity index (χ2n) is 10.1. The summed E-state index contributed by atoms with van der Waals surface area (Å²) < 4.78 is 34.1. The molecule has 0 unspecified atom stereocenters. The number of nitrogens with one attached hydrogen (secondary N) is 1. The molecule has 2 aromatic carbocycles. The van der Waals surface area contributed by atoms with Gasteiger partial charge in [-0.25, -0.2) is 8.42 Å². The second-order valence-corrected chi connectivity index (χ2v) is 11.7. The number of rotatable bonds is 7. The zero-order chi connectivity index (χ0) is 26.5. The molecule has 0 saturated carbocycles. The van der Waals surface area contributed by atoms with E-state index < -0.39 is 10.0 Å². The van der Waals surface area contributed by atoms with E-state index in [-0.39, 0.29) is 16.9 Å². The molecule has 5 rings (SSSR count). The van der Waals surface area contributed by atoms with Crippen molar-refractivity contribution >= 4 is 21.6 Å². The van der Waals surface area contributed by atoms with Crippen LogP contribution in [0.3, 0.4) is 0 Å². The summed E-state index contributed by atoms with van der Waals surface area (Å²) in [5.41, 5.74) is 1.87. The largest absolute Gasteiger partial charge is 0.490 e. The highest BCUT2D eigenvalue weighted by Gasteiger charge is 2.30. The smallest absolute Gasteiger partial charge is 0.261 e. The Kier molecular flexibility index (Phi) is 7.95. The third-order valence-electron chi connectivity index (χ3n) is 7.38. The monoisotopic (exact) mass is 534 g/mol. The molecule has 1 N–H and O–H groups in total. The molecule has 2 aliphatic heterocycles. The predicted molar refractivity (Wildman–Crippen MR) is 147 cm³/mol. The van der Waals surface area contributed by atoms with Crippen LogP contribution in [0.4, 0.5) is 5.69 Å². The van der Waals surface area contributed by atoms with E-state index in [1.165, 1.54) is 0 Å². The average Bonchev–Trinajstić information content (AvgIpc) is 2.94. The highest BCUT2D eigenvalue weighted by Crippen LogP contribution is 2.25. The third kappa shape index (κ3) is 6.34. The number of hydrogen-bond donors (Lipinski definition) is 1. The number of nitrogens with zero attached hydrogens (tertiary/aromatic N) is 3. The Labute approximate surface area is 224 Å². The van der Waals surface area contributed by atoms with Crippen LogP contribution in [0.25, 0.3) is 0 Å². The van der Waals surface area contributed by atoms with E-state index in [4.69, 9.17) is 4.74 Å². The molecule has 1 amide bonds. The van der Waals surface area contributed by atoms with Gasteiger partial charge in [0.1, 0.15) is 11.9 Å². The lowest BCUT2D eigenvalue weighted by Crippen LogP contribution is -2.50. The van der Waals surface area contributed by atoms with E-state index >= 15 is 0 Å². The van der Waals surface area contributed by atoms with Gasteiger partial charge in [0.05, 0.1) is 4.90 Å². The average molecular weight is 535 g/mol. The molecular weight excluding hydrogens is 500 g/mol. The first-order chi connectivity index (χ1) is 18.4. The van der Waals surface area contributed by atoms with Crippen molar-refractivity contribution in [1.29, 1.82) is 0 Å². The lowest BCUT2D eigenvalue weighted by Gasteiger charge is -2.41. The van der Waals surface area contributed by atoms with Crippen molar-refractivity contribution < 1.29 is 17.9 Å². The van der Waals surface area contributed by atoms with Crippen LogP contribution >= 0.6 is 0 Å². The van der Waals surface area contributed by atoms with Crippen LogP contribution in [0.5, 0.6) is 5.75 Å². The minimum absolute atomic E-state index is 0.0130. The van der Waals surface area contributed by atoms with Gasteiger partial charge in [0.2, 0.25) is 0 Å². The lowest BCUT2D eigenvalue weighted by molar-refractivity contribution is 0.0425. The first kappa shape index (κ1) is 26.2. The van der Waals surface area contributed by atoms with Gasteiger partial charge in [-0.2, -0.15) is 0 Å². The summed E-state index contributed by atoms with van der Waals surface area (Å²) in [5, 5.41) is 0. The van der Waals surface area contributed by atoms with Gasteiger partial charge < -0.3 is 9.64 Å². The van der Waals surface area contributed by atoms with Gasteiger partial charge in [0.15, 0.2) is 0 Å². The van der Waals surface area contributed by atoms with Crippen LogP contribution in [0.2, 0.25) is 0 Å². The summed E-state index contributed by atoms with van der Waals surface area (Å²) >= 11 is 0. The summed E-state index contributed by atoms with van der Waals surface area (Å²) in [6.07, 6.45) is 7.65. The lowest BCUT2D eigenvalue weighted by atomic mass is 9.98. The fourth-order valence-corrected chi connectivity index (χ4v) is 6.43. The van der Waals surface area contributed by atoms with Crippen molar-refractivity contribution in [3.8, 4) is 5.75 Å². The third-order valence-corrected chi connectivity index (χ3v) is 8.76. The molecule has 38 heavy (non-hydrogen) atoms. The van der Waals surface area contributed by atoms with Gasteiger partial charge in [-0.1, -0.05) is 12.1 Å².